The third-order valence-electron chi connectivity index (χ3n) is 8.11. The van der Waals surface area contributed by atoms with Gasteiger partial charge in [0.2, 0.25) is 5.91 Å². The molecule has 1 saturated carbocycles. The van der Waals surface area contributed by atoms with E-state index in [0.29, 0.717) is 42.9 Å². The van der Waals surface area contributed by atoms with Crippen LogP contribution in [0.15, 0.2) is 48.5 Å². The van der Waals surface area contributed by atoms with Crippen LogP contribution in [0.4, 0.5) is 26.7 Å². The Morgan fingerprint density at radius 3 is 2.15 bits per heavy atom. The zero-order chi connectivity index (χ0) is 27.9. The highest BCUT2D eigenvalue weighted by molar-refractivity contribution is 5.99. The fourth-order valence-corrected chi connectivity index (χ4v) is 5.89. The molecule has 3 aliphatic rings. The summed E-state index contributed by atoms with van der Waals surface area (Å²) in [5.74, 6) is 0.931. The zero-order valence-electron chi connectivity index (χ0n) is 22.8. The zero-order valence-corrected chi connectivity index (χ0v) is 22.8. The molecule has 2 aliphatic heterocycles. The van der Waals surface area contributed by atoms with E-state index in [4.69, 9.17) is 4.74 Å². The largest absolute Gasteiger partial charge is 0.490 e. The number of likely N-dealkylation sites (tertiary alicyclic amines) is 1. The van der Waals surface area contributed by atoms with Crippen LogP contribution in [0.2, 0.25) is 0 Å². The minimum absolute atomic E-state index is 0.192. The number of ether oxygens (including phenoxy) is 1. The predicted octanol–water partition coefficient (Wildman–Crippen LogP) is 5.13. The van der Waals surface area contributed by atoms with Crippen LogP contribution >= 0.6 is 0 Å². The van der Waals surface area contributed by atoms with Gasteiger partial charge in [-0.25, -0.2) is 9.59 Å². The Balaban J connectivity index is 1.05. The first-order chi connectivity index (χ1) is 19.4. The highest BCUT2D eigenvalue weighted by Gasteiger charge is 2.32. The van der Waals surface area contributed by atoms with Crippen LogP contribution in [0.1, 0.15) is 51.4 Å². The lowest BCUT2D eigenvalue weighted by Gasteiger charge is -2.32. The SMILES string of the molecule is O=C(Nc1ccc(OC2CCCC2)cc1)Nc1ccc(N2CCC(CNC(=O)C3CCCCN3C(=O)O)C2)cc1. The highest BCUT2D eigenvalue weighted by Crippen LogP contribution is 2.27. The van der Waals surface area contributed by atoms with Crippen molar-refractivity contribution in [1.82, 2.24) is 10.2 Å². The Morgan fingerprint density at radius 2 is 1.48 bits per heavy atom. The summed E-state index contributed by atoms with van der Waals surface area (Å²) in [5.41, 5.74) is 2.45. The number of anilines is 3. The van der Waals surface area contributed by atoms with Gasteiger partial charge in [-0.15, -0.1) is 0 Å². The molecule has 2 saturated heterocycles. The predicted molar refractivity (Wildman–Crippen MR) is 154 cm³/mol. The Kier molecular flexibility index (Phi) is 8.93. The van der Waals surface area contributed by atoms with Gasteiger partial charge in [0.15, 0.2) is 0 Å². The summed E-state index contributed by atoms with van der Waals surface area (Å²) < 4.78 is 5.98. The molecule has 1 aliphatic carbocycles. The van der Waals surface area contributed by atoms with Crippen LogP contribution in [0, 0.1) is 5.92 Å². The van der Waals surface area contributed by atoms with Gasteiger partial charge in [-0.05, 0) is 106 Å². The molecule has 10 nitrogen and oxygen atoms in total. The third kappa shape index (κ3) is 7.16. The van der Waals surface area contributed by atoms with E-state index in [1.165, 1.54) is 17.7 Å². The molecule has 2 aromatic carbocycles. The molecule has 40 heavy (non-hydrogen) atoms. The van der Waals surface area contributed by atoms with Crippen LogP contribution < -0.4 is 25.6 Å². The van der Waals surface area contributed by atoms with Crippen molar-refractivity contribution in [2.45, 2.75) is 63.5 Å². The standard InChI is InChI=1S/C30H39N5O5/c36-28(27-7-3-4-17-35(27)30(38)39)31-19-21-16-18-34(20-21)24-12-8-22(9-13-24)32-29(37)33-23-10-14-26(15-11-23)40-25-5-1-2-6-25/h8-15,21,25,27H,1-7,16-20H2,(H,31,36)(H,38,39)(H2,32,33,37). The van der Waals surface area contributed by atoms with Gasteiger partial charge in [0, 0.05) is 43.2 Å². The summed E-state index contributed by atoms with van der Waals surface area (Å²) in [6.07, 6.45) is 7.12. The average Bonchev–Trinajstić information content (AvgIpc) is 3.66. The number of nitrogens with one attached hydrogen (secondary N) is 3. The fourth-order valence-electron chi connectivity index (χ4n) is 5.89. The minimum Gasteiger partial charge on any atom is -0.490 e. The van der Waals surface area contributed by atoms with E-state index in [1.807, 2.05) is 48.5 Å². The van der Waals surface area contributed by atoms with E-state index in [-0.39, 0.29) is 11.9 Å². The van der Waals surface area contributed by atoms with Gasteiger partial charge in [0.05, 0.1) is 6.10 Å². The monoisotopic (exact) mass is 549 g/mol. The molecule has 4 N–H and O–H groups in total. The molecule has 2 unspecified atom stereocenters. The number of benzene rings is 2. The quantitative estimate of drug-likeness (QED) is 0.362. The number of carbonyl (C=O) groups is 3. The van der Waals surface area contributed by atoms with Crippen molar-refractivity contribution in [1.29, 1.82) is 0 Å². The first kappa shape index (κ1) is 27.6. The van der Waals surface area contributed by atoms with Crippen LogP contribution in [0.5, 0.6) is 5.75 Å². The third-order valence-corrected chi connectivity index (χ3v) is 8.11. The molecule has 0 bridgehead atoms. The maximum Gasteiger partial charge on any atom is 0.407 e. The van der Waals surface area contributed by atoms with E-state index in [0.717, 1.165) is 56.6 Å². The Labute approximate surface area is 235 Å². The summed E-state index contributed by atoms with van der Waals surface area (Å²) in [7, 11) is 0. The molecule has 0 aromatic heterocycles. The maximum atomic E-state index is 12.7. The summed E-state index contributed by atoms with van der Waals surface area (Å²) in [4.78, 5) is 40.1. The van der Waals surface area contributed by atoms with Gasteiger partial charge in [-0.1, -0.05) is 0 Å². The normalized spacial score (nSPS) is 21.2. The number of carbonyl (C=O) groups excluding carboxylic acids is 2. The molecule has 2 aromatic rings. The summed E-state index contributed by atoms with van der Waals surface area (Å²) in [5, 5.41) is 18.1. The smallest absolute Gasteiger partial charge is 0.407 e. The number of hydrogen-bond acceptors (Lipinski definition) is 5. The first-order valence-electron chi connectivity index (χ1n) is 14.4. The number of urea groups is 1. The van der Waals surface area contributed by atoms with E-state index in [9.17, 15) is 19.5 Å². The van der Waals surface area contributed by atoms with Crippen molar-refractivity contribution in [2.75, 3.05) is 41.7 Å². The second kappa shape index (κ2) is 12.9. The van der Waals surface area contributed by atoms with Gasteiger partial charge in [-0.2, -0.15) is 0 Å². The van der Waals surface area contributed by atoms with Gasteiger partial charge in [0.25, 0.3) is 0 Å². The highest BCUT2D eigenvalue weighted by atomic mass is 16.5. The molecule has 5 rings (SSSR count). The molecule has 0 spiro atoms. The van der Waals surface area contributed by atoms with Crippen molar-refractivity contribution in [2.24, 2.45) is 5.92 Å². The van der Waals surface area contributed by atoms with Crippen molar-refractivity contribution in [3.8, 4) is 5.75 Å². The lowest BCUT2D eigenvalue weighted by molar-refractivity contribution is -0.127. The number of amides is 4. The molecule has 2 heterocycles. The number of rotatable bonds is 8. The van der Waals surface area contributed by atoms with Crippen molar-refractivity contribution in [3.63, 3.8) is 0 Å². The van der Waals surface area contributed by atoms with Gasteiger partial charge in [0.1, 0.15) is 11.8 Å². The Hall–Kier alpha value is -3.95. The van der Waals surface area contributed by atoms with Crippen LogP contribution in [0.25, 0.3) is 0 Å². The average molecular weight is 550 g/mol. The summed E-state index contributed by atoms with van der Waals surface area (Å²) >= 11 is 0. The summed E-state index contributed by atoms with van der Waals surface area (Å²) in [6.45, 7) is 2.63. The molecule has 2 atom stereocenters. The minimum atomic E-state index is -1.03. The Morgan fingerprint density at radius 1 is 0.825 bits per heavy atom. The molecule has 214 valence electrons. The van der Waals surface area contributed by atoms with Crippen molar-refractivity contribution < 1.29 is 24.2 Å². The molecular formula is C30H39N5O5. The first-order valence-corrected chi connectivity index (χ1v) is 14.4. The molecule has 3 fully saturated rings. The van der Waals surface area contributed by atoms with Crippen LogP contribution in [0.3, 0.4) is 0 Å². The lowest BCUT2D eigenvalue weighted by Crippen LogP contribution is -2.52. The number of carboxylic acid groups (broad SMARTS) is 1. The van der Waals surface area contributed by atoms with Crippen LogP contribution in [-0.2, 0) is 4.79 Å². The lowest BCUT2D eigenvalue weighted by atomic mass is 10.0. The summed E-state index contributed by atoms with van der Waals surface area (Å²) in [6, 6.07) is 14.3. The molecule has 0 radical (unpaired) electrons. The fraction of sp³-hybridized carbons (Fsp3) is 0.500. The molecule has 10 heteroatoms. The Bertz CT molecular complexity index is 1170. The number of piperidine rings is 1. The second-order valence-electron chi connectivity index (χ2n) is 11.0. The van der Waals surface area contributed by atoms with Gasteiger partial charge < -0.3 is 30.7 Å². The van der Waals surface area contributed by atoms with Gasteiger partial charge in [-0.3, -0.25) is 9.69 Å². The van der Waals surface area contributed by atoms with Crippen LogP contribution in [-0.4, -0.2) is 66.4 Å². The van der Waals surface area contributed by atoms with E-state index in [2.05, 4.69) is 20.9 Å². The van der Waals surface area contributed by atoms with Crippen molar-refractivity contribution in [3.05, 3.63) is 48.5 Å². The number of hydrogen-bond donors (Lipinski definition) is 4. The number of nitrogens with zero attached hydrogens (tertiary/aromatic N) is 2. The second-order valence-corrected chi connectivity index (χ2v) is 11.0. The van der Waals surface area contributed by atoms with E-state index < -0.39 is 12.1 Å². The van der Waals surface area contributed by atoms with E-state index in [1.54, 1.807) is 0 Å². The molecular weight excluding hydrogens is 510 g/mol. The maximum absolute atomic E-state index is 12.7. The van der Waals surface area contributed by atoms with Gasteiger partial charge >= 0.3 is 12.1 Å². The van der Waals surface area contributed by atoms with Crippen molar-refractivity contribution >= 4 is 35.1 Å². The molecule has 4 amide bonds. The topological polar surface area (TPSA) is 123 Å². The van der Waals surface area contributed by atoms with E-state index >= 15 is 0 Å².